The molecule has 1 unspecified atom stereocenters. The van der Waals surface area contributed by atoms with Crippen LogP contribution in [-0.2, 0) is 6.54 Å². The summed E-state index contributed by atoms with van der Waals surface area (Å²) in [4.78, 5) is 4.61. The predicted molar refractivity (Wildman–Crippen MR) is 105 cm³/mol. The lowest BCUT2D eigenvalue weighted by Gasteiger charge is -2.28. The summed E-state index contributed by atoms with van der Waals surface area (Å²) in [6.07, 6.45) is 0.860. The molecular weight excluding hydrogens is 345 g/mol. The van der Waals surface area contributed by atoms with Gasteiger partial charge in [-0.2, -0.15) is 0 Å². The number of ether oxygens (including phenoxy) is 2. The first-order valence-electron chi connectivity index (χ1n) is 9.39. The Bertz CT molecular complexity index is 795. The van der Waals surface area contributed by atoms with E-state index in [1.54, 1.807) is 6.07 Å². The zero-order valence-electron chi connectivity index (χ0n) is 15.8. The summed E-state index contributed by atoms with van der Waals surface area (Å²) in [6.45, 7) is 6.08. The minimum absolute atomic E-state index is 0.129. The average Bonchev–Trinajstić information content (AvgIpc) is 2.68. The number of fused-ring (bicyclic) bond motifs is 1. The third-order valence-electron chi connectivity index (χ3n) is 4.33. The Morgan fingerprint density at radius 1 is 1.26 bits per heavy atom. The molecule has 0 fully saturated rings. The van der Waals surface area contributed by atoms with E-state index in [-0.39, 0.29) is 17.6 Å². The molecule has 0 aliphatic carbocycles. The third kappa shape index (κ3) is 4.90. The highest BCUT2D eigenvalue weighted by atomic mass is 19.1. The van der Waals surface area contributed by atoms with Crippen LogP contribution in [0.3, 0.4) is 0 Å². The van der Waals surface area contributed by atoms with Crippen molar-refractivity contribution in [2.45, 2.75) is 32.9 Å². The van der Waals surface area contributed by atoms with E-state index in [0.29, 0.717) is 25.7 Å². The maximum Gasteiger partial charge on any atom is 0.192 e. The van der Waals surface area contributed by atoms with Gasteiger partial charge in [0.1, 0.15) is 5.75 Å². The van der Waals surface area contributed by atoms with Crippen molar-refractivity contribution in [3.8, 4) is 11.5 Å². The van der Waals surface area contributed by atoms with Crippen LogP contribution in [0.15, 0.2) is 47.5 Å². The smallest absolute Gasteiger partial charge is 0.192 e. The van der Waals surface area contributed by atoms with Crippen LogP contribution in [0.4, 0.5) is 4.39 Å². The van der Waals surface area contributed by atoms with Crippen molar-refractivity contribution in [3.63, 3.8) is 0 Å². The minimum atomic E-state index is -0.360. The number of rotatable bonds is 6. The van der Waals surface area contributed by atoms with Crippen molar-refractivity contribution >= 4 is 5.96 Å². The molecule has 2 N–H and O–H groups in total. The first-order valence-corrected chi connectivity index (χ1v) is 9.39. The fraction of sp³-hybridized carbons (Fsp3) is 0.381. The highest BCUT2D eigenvalue weighted by molar-refractivity contribution is 5.80. The van der Waals surface area contributed by atoms with Crippen molar-refractivity contribution in [3.05, 3.63) is 59.4 Å². The molecule has 5 nitrogen and oxygen atoms in total. The van der Waals surface area contributed by atoms with Gasteiger partial charge in [0.15, 0.2) is 17.5 Å². The van der Waals surface area contributed by atoms with Crippen LogP contribution in [0, 0.1) is 5.82 Å². The molecule has 27 heavy (non-hydrogen) atoms. The number of guanidine groups is 1. The topological polar surface area (TPSA) is 54.9 Å². The molecule has 1 aliphatic heterocycles. The van der Waals surface area contributed by atoms with Crippen LogP contribution in [0.2, 0.25) is 0 Å². The Balaban J connectivity index is 1.71. The average molecular weight is 371 g/mol. The summed E-state index contributed by atoms with van der Waals surface area (Å²) in [7, 11) is 0. The second-order valence-corrected chi connectivity index (χ2v) is 6.26. The number of halogens is 1. The molecule has 2 aromatic rings. The number of nitrogens with one attached hydrogen (secondary N) is 2. The van der Waals surface area contributed by atoms with Gasteiger partial charge in [-0.05, 0) is 37.6 Å². The standard InChI is InChI=1S/C21H26FN3O2/c1-3-23-21(24-14-15-9-10-20(26-4-2)17(22)13-15)25-18-11-12-27-19-8-6-5-7-16(18)19/h5-10,13,18H,3-4,11-12,14H2,1-2H3,(H2,23,24,25). The summed E-state index contributed by atoms with van der Waals surface area (Å²) >= 11 is 0. The summed E-state index contributed by atoms with van der Waals surface area (Å²) in [6, 6.07) is 13.1. The molecule has 1 heterocycles. The lowest BCUT2D eigenvalue weighted by atomic mass is 10.0. The van der Waals surface area contributed by atoms with E-state index in [4.69, 9.17) is 9.47 Å². The van der Waals surface area contributed by atoms with Gasteiger partial charge in [-0.3, -0.25) is 0 Å². The van der Waals surface area contributed by atoms with Crippen molar-refractivity contribution in [2.24, 2.45) is 4.99 Å². The Morgan fingerprint density at radius 3 is 2.89 bits per heavy atom. The van der Waals surface area contributed by atoms with Crippen LogP contribution in [0.1, 0.15) is 37.4 Å². The van der Waals surface area contributed by atoms with Crippen molar-refractivity contribution in [1.82, 2.24) is 10.6 Å². The molecule has 2 aromatic carbocycles. The van der Waals surface area contributed by atoms with E-state index >= 15 is 0 Å². The van der Waals surface area contributed by atoms with Gasteiger partial charge in [0, 0.05) is 18.5 Å². The maximum atomic E-state index is 14.0. The van der Waals surface area contributed by atoms with Crippen LogP contribution in [0.25, 0.3) is 0 Å². The molecular formula is C21H26FN3O2. The Hall–Kier alpha value is -2.76. The Kier molecular flexibility index (Phi) is 6.52. The number of hydrogen-bond acceptors (Lipinski definition) is 3. The van der Waals surface area contributed by atoms with Crippen LogP contribution < -0.4 is 20.1 Å². The monoisotopic (exact) mass is 371 g/mol. The summed E-state index contributed by atoms with van der Waals surface area (Å²) in [5.74, 6) is 1.52. The van der Waals surface area contributed by atoms with Gasteiger partial charge in [-0.15, -0.1) is 0 Å². The van der Waals surface area contributed by atoms with Crippen molar-refractivity contribution in [2.75, 3.05) is 19.8 Å². The highest BCUT2D eigenvalue weighted by Crippen LogP contribution is 2.31. The van der Waals surface area contributed by atoms with E-state index in [2.05, 4.69) is 21.7 Å². The van der Waals surface area contributed by atoms with E-state index in [0.717, 1.165) is 29.8 Å². The van der Waals surface area contributed by atoms with Gasteiger partial charge >= 0.3 is 0 Å². The quantitative estimate of drug-likeness (QED) is 0.599. The van der Waals surface area contributed by atoms with Gasteiger partial charge in [-0.25, -0.2) is 9.38 Å². The maximum absolute atomic E-state index is 14.0. The molecule has 144 valence electrons. The molecule has 1 aliphatic rings. The van der Waals surface area contributed by atoms with E-state index in [9.17, 15) is 4.39 Å². The minimum Gasteiger partial charge on any atom is -0.493 e. The number of aliphatic imine (C=N–C) groups is 1. The van der Waals surface area contributed by atoms with Crippen molar-refractivity contribution in [1.29, 1.82) is 0 Å². The van der Waals surface area contributed by atoms with Gasteiger partial charge < -0.3 is 20.1 Å². The number of hydrogen-bond donors (Lipinski definition) is 2. The van der Waals surface area contributed by atoms with Gasteiger partial charge in [0.25, 0.3) is 0 Å². The summed E-state index contributed by atoms with van der Waals surface area (Å²) < 4.78 is 25.0. The second kappa shape index (κ2) is 9.26. The zero-order chi connectivity index (χ0) is 19.1. The van der Waals surface area contributed by atoms with E-state index < -0.39 is 0 Å². The van der Waals surface area contributed by atoms with E-state index in [1.807, 2.05) is 38.1 Å². The number of para-hydroxylation sites is 1. The van der Waals surface area contributed by atoms with Crippen LogP contribution in [-0.4, -0.2) is 25.7 Å². The molecule has 0 spiro atoms. The zero-order valence-corrected chi connectivity index (χ0v) is 15.8. The molecule has 0 saturated carbocycles. The fourth-order valence-electron chi connectivity index (χ4n) is 3.06. The molecule has 6 heteroatoms. The SMILES string of the molecule is CCNC(=NCc1ccc(OCC)c(F)c1)NC1CCOc2ccccc21. The summed E-state index contributed by atoms with van der Waals surface area (Å²) in [5, 5.41) is 6.73. The van der Waals surface area contributed by atoms with Gasteiger partial charge in [0.05, 0.1) is 25.8 Å². The normalized spacial score (nSPS) is 16.3. The predicted octanol–water partition coefficient (Wildman–Crippen LogP) is 3.80. The molecule has 0 aromatic heterocycles. The molecule has 1 atom stereocenters. The van der Waals surface area contributed by atoms with Gasteiger partial charge in [-0.1, -0.05) is 24.3 Å². The molecule has 0 bridgehead atoms. The van der Waals surface area contributed by atoms with Gasteiger partial charge in [0.2, 0.25) is 0 Å². The first-order chi connectivity index (χ1) is 13.2. The van der Waals surface area contributed by atoms with Crippen LogP contribution >= 0.6 is 0 Å². The lowest BCUT2D eigenvalue weighted by molar-refractivity contribution is 0.261. The first kappa shape index (κ1) is 19.0. The molecule has 0 amide bonds. The van der Waals surface area contributed by atoms with Crippen molar-refractivity contribution < 1.29 is 13.9 Å². The van der Waals surface area contributed by atoms with E-state index in [1.165, 1.54) is 6.07 Å². The third-order valence-corrected chi connectivity index (χ3v) is 4.33. The largest absolute Gasteiger partial charge is 0.493 e. The molecule has 3 rings (SSSR count). The lowest BCUT2D eigenvalue weighted by Crippen LogP contribution is -2.41. The number of benzene rings is 2. The highest BCUT2D eigenvalue weighted by Gasteiger charge is 2.21. The molecule has 0 radical (unpaired) electrons. The summed E-state index contributed by atoms with van der Waals surface area (Å²) in [5.41, 5.74) is 1.92. The second-order valence-electron chi connectivity index (χ2n) is 6.26. The van der Waals surface area contributed by atoms with Crippen LogP contribution in [0.5, 0.6) is 11.5 Å². The molecule has 0 saturated heterocycles. The Labute approximate surface area is 159 Å². The Morgan fingerprint density at radius 2 is 2.11 bits per heavy atom. The number of nitrogens with zero attached hydrogens (tertiary/aromatic N) is 1. The fourth-order valence-corrected chi connectivity index (χ4v) is 3.06.